The average Bonchev–Trinajstić information content (AvgIpc) is 3.54. The number of benzene rings is 1. The van der Waals surface area contributed by atoms with Gasteiger partial charge in [-0.25, -0.2) is 4.98 Å². The first kappa shape index (κ1) is 24.9. The lowest BCUT2D eigenvalue weighted by Gasteiger charge is -2.33. The fraction of sp³-hybridized carbons (Fsp3) is 0.300. The summed E-state index contributed by atoms with van der Waals surface area (Å²) >= 11 is 12.9. The summed E-state index contributed by atoms with van der Waals surface area (Å²) in [7, 11) is 0. The quantitative estimate of drug-likeness (QED) is 0.285. The van der Waals surface area contributed by atoms with Crippen LogP contribution in [0.25, 0.3) is 5.82 Å². The van der Waals surface area contributed by atoms with Crippen LogP contribution in [0.5, 0.6) is 0 Å². The molecule has 5 heterocycles. The van der Waals surface area contributed by atoms with Gasteiger partial charge in [0.05, 0.1) is 22.4 Å². The molecule has 0 aliphatic carbocycles. The Labute approximate surface area is 234 Å². The summed E-state index contributed by atoms with van der Waals surface area (Å²) in [4.78, 5) is 14.0. The number of anilines is 2. The number of aromatic nitrogens is 3. The van der Waals surface area contributed by atoms with Crippen LogP contribution in [0.15, 0.2) is 79.3 Å². The van der Waals surface area contributed by atoms with Gasteiger partial charge in [0.1, 0.15) is 11.9 Å². The van der Waals surface area contributed by atoms with E-state index in [9.17, 15) is 0 Å². The van der Waals surface area contributed by atoms with Crippen molar-refractivity contribution in [1.82, 2.24) is 19.9 Å². The third-order valence-corrected chi connectivity index (χ3v) is 8.28. The summed E-state index contributed by atoms with van der Waals surface area (Å²) in [6, 6.07) is 20.3. The number of rotatable bonds is 5. The molecule has 8 heteroatoms. The van der Waals surface area contributed by atoms with Gasteiger partial charge in [0.25, 0.3) is 0 Å². The lowest BCUT2D eigenvalue weighted by Crippen LogP contribution is -2.33. The SMILES string of the molecule is Cc1ccc(-n2cccc2[C@H]2[C@H](c3ccccn3)NC(=S)N2c2ccc(N3CCC(C)CC3)c(Cl)c2)nc1. The minimum Gasteiger partial charge on any atom is -0.370 e. The van der Waals surface area contributed by atoms with Crippen molar-refractivity contribution in [2.24, 2.45) is 5.92 Å². The topological polar surface area (TPSA) is 49.2 Å². The van der Waals surface area contributed by atoms with Crippen molar-refractivity contribution in [1.29, 1.82) is 0 Å². The number of pyridine rings is 2. The first-order chi connectivity index (χ1) is 18.5. The van der Waals surface area contributed by atoms with Crippen LogP contribution < -0.4 is 15.1 Å². The summed E-state index contributed by atoms with van der Waals surface area (Å²) in [5.41, 5.74) is 5.16. The summed E-state index contributed by atoms with van der Waals surface area (Å²) < 4.78 is 2.13. The van der Waals surface area contributed by atoms with Crippen molar-refractivity contribution in [3.05, 3.63) is 101 Å². The molecule has 2 aliphatic heterocycles. The first-order valence-corrected chi connectivity index (χ1v) is 13.9. The number of nitrogens with zero attached hydrogens (tertiary/aromatic N) is 5. The highest BCUT2D eigenvalue weighted by Gasteiger charge is 2.42. The molecule has 2 atom stereocenters. The normalized spacial score (nSPS) is 20.1. The largest absolute Gasteiger partial charge is 0.370 e. The maximum Gasteiger partial charge on any atom is 0.174 e. The highest BCUT2D eigenvalue weighted by Crippen LogP contribution is 2.44. The molecule has 6 nitrogen and oxygen atoms in total. The van der Waals surface area contributed by atoms with E-state index in [1.54, 1.807) is 0 Å². The zero-order valence-electron chi connectivity index (χ0n) is 21.6. The molecule has 2 saturated heterocycles. The monoisotopic (exact) mass is 542 g/mol. The second kappa shape index (κ2) is 10.4. The molecule has 38 heavy (non-hydrogen) atoms. The molecule has 0 radical (unpaired) electrons. The third kappa shape index (κ3) is 4.65. The molecule has 2 fully saturated rings. The third-order valence-electron chi connectivity index (χ3n) is 7.66. The van der Waals surface area contributed by atoms with Crippen LogP contribution in [0.4, 0.5) is 11.4 Å². The van der Waals surface area contributed by atoms with Crippen molar-refractivity contribution in [2.45, 2.75) is 38.8 Å². The van der Waals surface area contributed by atoms with Crippen molar-refractivity contribution < 1.29 is 0 Å². The van der Waals surface area contributed by atoms with Crippen LogP contribution >= 0.6 is 23.8 Å². The van der Waals surface area contributed by atoms with Crippen LogP contribution in [0.2, 0.25) is 5.02 Å². The van der Waals surface area contributed by atoms with E-state index < -0.39 is 0 Å². The summed E-state index contributed by atoms with van der Waals surface area (Å²) in [5.74, 6) is 1.63. The molecule has 0 saturated carbocycles. The van der Waals surface area contributed by atoms with Crippen molar-refractivity contribution in [3.8, 4) is 5.82 Å². The number of halogens is 1. The van der Waals surface area contributed by atoms with Gasteiger partial charge in [0.15, 0.2) is 5.11 Å². The number of piperidine rings is 1. The smallest absolute Gasteiger partial charge is 0.174 e. The Bertz CT molecular complexity index is 1430. The van der Waals surface area contributed by atoms with Crippen molar-refractivity contribution in [3.63, 3.8) is 0 Å². The van der Waals surface area contributed by atoms with Crippen LogP contribution in [-0.2, 0) is 0 Å². The van der Waals surface area contributed by atoms with E-state index >= 15 is 0 Å². The Morgan fingerprint density at radius 2 is 1.84 bits per heavy atom. The van der Waals surface area contributed by atoms with Gasteiger partial charge >= 0.3 is 0 Å². The van der Waals surface area contributed by atoms with Crippen LogP contribution in [-0.4, -0.2) is 32.7 Å². The Kier molecular flexibility index (Phi) is 6.80. The molecule has 0 amide bonds. The van der Waals surface area contributed by atoms with Gasteiger partial charge in [-0.3, -0.25) is 4.98 Å². The van der Waals surface area contributed by atoms with E-state index in [1.165, 1.54) is 12.8 Å². The van der Waals surface area contributed by atoms with Crippen LogP contribution in [0, 0.1) is 12.8 Å². The Balaban J connectivity index is 1.42. The molecule has 2 aliphatic rings. The molecule has 0 spiro atoms. The van der Waals surface area contributed by atoms with Gasteiger partial charge in [0.2, 0.25) is 0 Å². The number of thiocarbonyl (C=S) groups is 1. The van der Waals surface area contributed by atoms with Gasteiger partial charge in [-0.1, -0.05) is 30.7 Å². The Morgan fingerprint density at radius 3 is 2.55 bits per heavy atom. The summed E-state index contributed by atoms with van der Waals surface area (Å²) in [6.07, 6.45) is 8.15. The van der Waals surface area contributed by atoms with Crippen LogP contribution in [0.3, 0.4) is 0 Å². The molecule has 0 unspecified atom stereocenters. The summed E-state index contributed by atoms with van der Waals surface area (Å²) in [6.45, 7) is 6.43. The zero-order chi connectivity index (χ0) is 26.2. The molecule has 4 aromatic rings. The van der Waals surface area contributed by atoms with E-state index in [-0.39, 0.29) is 12.1 Å². The van der Waals surface area contributed by atoms with E-state index in [4.69, 9.17) is 28.8 Å². The van der Waals surface area contributed by atoms with Gasteiger partial charge in [-0.2, -0.15) is 0 Å². The van der Waals surface area contributed by atoms with Crippen molar-refractivity contribution in [2.75, 3.05) is 22.9 Å². The summed E-state index contributed by atoms with van der Waals surface area (Å²) in [5, 5.41) is 4.94. The maximum atomic E-state index is 6.93. The molecule has 1 N–H and O–H groups in total. The fourth-order valence-electron chi connectivity index (χ4n) is 5.53. The predicted molar refractivity (Wildman–Crippen MR) is 158 cm³/mol. The van der Waals surface area contributed by atoms with E-state index in [2.05, 4.69) is 68.1 Å². The number of nitrogens with one attached hydrogen (secondary N) is 1. The Morgan fingerprint density at radius 1 is 1.00 bits per heavy atom. The van der Waals surface area contributed by atoms with E-state index in [1.807, 2.05) is 49.6 Å². The molecule has 0 bridgehead atoms. The number of aryl methyl sites for hydroxylation is 1. The second-order valence-corrected chi connectivity index (χ2v) is 11.1. The van der Waals surface area contributed by atoms with Gasteiger partial charge in [-0.05, 0) is 92.0 Å². The van der Waals surface area contributed by atoms with Gasteiger partial charge in [0, 0.05) is 43.1 Å². The molecular formula is C30H31ClN6S. The second-order valence-electron chi connectivity index (χ2n) is 10.3. The highest BCUT2D eigenvalue weighted by molar-refractivity contribution is 7.80. The lowest BCUT2D eigenvalue weighted by atomic mass is 9.98. The first-order valence-electron chi connectivity index (χ1n) is 13.1. The highest BCUT2D eigenvalue weighted by atomic mass is 35.5. The number of hydrogen-bond donors (Lipinski definition) is 1. The molecule has 3 aromatic heterocycles. The zero-order valence-corrected chi connectivity index (χ0v) is 23.2. The fourth-order valence-corrected chi connectivity index (χ4v) is 6.17. The minimum absolute atomic E-state index is 0.148. The maximum absolute atomic E-state index is 6.93. The van der Waals surface area contributed by atoms with E-state index in [0.29, 0.717) is 5.11 Å². The molecule has 6 rings (SSSR count). The minimum atomic E-state index is -0.159. The lowest BCUT2D eigenvalue weighted by molar-refractivity contribution is 0.438. The average molecular weight is 543 g/mol. The van der Waals surface area contributed by atoms with Gasteiger partial charge < -0.3 is 19.7 Å². The molecule has 1 aromatic carbocycles. The van der Waals surface area contributed by atoms with Gasteiger partial charge in [-0.15, -0.1) is 0 Å². The predicted octanol–water partition coefficient (Wildman–Crippen LogP) is 6.64. The standard InChI is InChI=1S/C30H31ClN6S/c1-20-12-16-35(17-13-20)25-10-9-22(18-23(25)31)37-29(28(34-30(37)38)24-6-3-4-14-32-24)26-7-5-15-36(26)27-11-8-21(2)19-33-27/h3-11,14-15,18-20,28-29H,12-13,16-17H2,1-2H3,(H,34,38)/t28-,29-/m0/s1. The van der Waals surface area contributed by atoms with Crippen molar-refractivity contribution >= 4 is 40.3 Å². The molecule has 194 valence electrons. The van der Waals surface area contributed by atoms with Crippen LogP contribution in [0.1, 0.15) is 48.8 Å². The Hall–Kier alpha value is -3.42. The molecular weight excluding hydrogens is 512 g/mol. The van der Waals surface area contributed by atoms with E-state index in [0.717, 1.165) is 58.2 Å². The number of hydrogen-bond acceptors (Lipinski definition) is 4.